The first kappa shape index (κ1) is 20.6. The van der Waals surface area contributed by atoms with E-state index < -0.39 is 5.60 Å². The number of likely N-dealkylation sites (tertiary alicyclic amines) is 1. The van der Waals surface area contributed by atoms with Crippen molar-refractivity contribution in [3.8, 4) is 0 Å². The number of piperidine rings is 1. The van der Waals surface area contributed by atoms with Crippen LogP contribution < -0.4 is 4.90 Å². The second-order valence-corrected chi connectivity index (χ2v) is 8.95. The Morgan fingerprint density at radius 2 is 1.86 bits per heavy atom. The number of carbonyl (C=O) groups excluding carboxylic acids is 2. The molecular weight excluding hydrogens is 354 g/mol. The molecule has 1 aliphatic heterocycles. The number of hydrogen-bond donors (Lipinski definition) is 0. The molecule has 0 spiro atoms. The molecule has 1 saturated heterocycles. The van der Waals surface area contributed by atoms with Crippen LogP contribution in [0.2, 0.25) is 0 Å². The average molecular weight is 388 g/mol. The minimum Gasteiger partial charge on any atom is -0.443 e. The summed E-state index contributed by atoms with van der Waals surface area (Å²) in [4.78, 5) is 32.6. The molecule has 2 heterocycles. The van der Waals surface area contributed by atoms with Crippen LogP contribution in [-0.2, 0) is 9.53 Å². The van der Waals surface area contributed by atoms with Crippen LogP contribution in [0.4, 0.5) is 10.6 Å². The van der Waals surface area contributed by atoms with E-state index in [0.717, 1.165) is 63.5 Å². The molecule has 2 fully saturated rings. The molecule has 0 unspecified atom stereocenters. The summed E-state index contributed by atoms with van der Waals surface area (Å²) < 4.78 is 5.68. The lowest BCUT2D eigenvalue weighted by atomic mass is 9.94. The van der Waals surface area contributed by atoms with Crippen LogP contribution in [0.1, 0.15) is 83.7 Å². The van der Waals surface area contributed by atoms with Gasteiger partial charge in [-0.15, -0.1) is 0 Å². The van der Waals surface area contributed by atoms with Gasteiger partial charge in [0.15, 0.2) is 0 Å². The molecule has 1 aromatic rings. The van der Waals surface area contributed by atoms with Crippen LogP contribution >= 0.6 is 0 Å². The van der Waals surface area contributed by atoms with Gasteiger partial charge < -0.3 is 9.64 Å². The molecule has 2 amide bonds. The van der Waals surface area contributed by atoms with E-state index in [1.165, 1.54) is 6.42 Å². The molecule has 2 aliphatic rings. The fraction of sp³-hybridized carbons (Fsp3) is 0.682. The lowest BCUT2D eigenvalue weighted by Gasteiger charge is -2.35. The Balaban J connectivity index is 1.83. The molecular formula is C22H33N3O3. The molecule has 3 rings (SSSR count). The summed E-state index contributed by atoms with van der Waals surface area (Å²) >= 11 is 0. The van der Waals surface area contributed by atoms with Crippen molar-refractivity contribution >= 4 is 18.3 Å². The number of anilines is 1. The second-order valence-electron chi connectivity index (χ2n) is 8.95. The van der Waals surface area contributed by atoms with Crippen molar-refractivity contribution in [3.05, 3.63) is 23.9 Å². The summed E-state index contributed by atoms with van der Waals surface area (Å²) in [6.07, 6.45) is 11.0. The van der Waals surface area contributed by atoms with Gasteiger partial charge in [0.2, 0.25) is 6.41 Å². The number of aromatic nitrogens is 1. The van der Waals surface area contributed by atoms with Gasteiger partial charge in [-0.1, -0.05) is 25.3 Å². The Morgan fingerprint density at radius 1 is 1.14 bits per heavy atom. The Bertz CT molecular complexity index is 663. The summed E-state index contributed by atoms with van der Waals surface area (Å²) in [5.74, 6) is 0.637. The highest BCUT2D eigenvalue weighted by Gasteiger charge is 2.32. The summed E-state index contributed by atoms with van der Waals surface area (Å²) in [7, 11) is 0. The van der Waals surface area contributed by atoms with Gasteiger partial charge in [0, 0.05) is 18.8 Å². The van der Waals surface area contributed by atoms with E-state index in [0.29, 0.717) is 5.82 Å². The third-order valence-electron chi connectivity index (χ3n) is 5.61. The van der Waals surface area contributed by atoms with Crippen LogP contribution in [0.5, 0.6) is 0 Å². The minimum absolute atomic E-state index is 0.0810. The van der Waals surface area contributed by atoms with E-state index in [1.54, 1.807) is 4.90 Å². The van der Waals surface area contributed by atoms with Gasteiger partial charge in [-0.3, -0.25) is 9.69 Å². The quantitative estimate of drug-likeness (QED) is 0.694. The van der Waals surface area contributed by atoms with Gasteiger partial charge >= 0.3 is 6.09 Å². The number of ether oxygens (including phenoxy) is 1. The Hall–Kier alpha value is -2.11. The van der Waals surface area contributed by atoms with Crippen molar-refractivity contribution in [1.29, 1.82) is 0 Å². The summed E-state index contributed by atoms with van der Waals surface area (Å²) in [6, 6.07) is 4.13. The van der Waals surface area contributed by atoms with Crippen molar-refractivity contribution in [2.45, 2.75) is 89.8 Å². The SMILES string of the molecule is CC(C)(C)OC(=O)N(c1ccc([C@H]2CCCCN2C=O)cn1)C1CCCCC1. The second kappa shape index (κ2) is 8.93. The first-order valence-corrected chi connectivity index (χ1v) is 10.6. The molecule has 1 aromatic heterocycles. The summed E-state index contributed by atoms with van der Waals surface area (Å²) in [6.45, 7) is 6.45. The van der Waals surface area contributed by atoms with Crippen molar-refractivity contribution in [1.82, 2.24) is 9.88 Å². The van der Waals surface area contributed by atoms with Crippen LogP contribution in [0.3, 0.4) is 0 Å². The smallest absolute Gasteiger partial charge is 0.416 e. The van der Waals surface area contributed by atoms with Gasteiger partial charge in [0.05, 0.1) is 6.04 Å². The van der Waals surface area contributed by atoms with Crippen molar-refractivity contribution in [3.63, 3.8) is 0 Å². The largest absolute Gasteiger partial charge is 0.443 e. The zero-order chi connectivity index (χ0) is 20.1. The van der Waals surface area contributed by atoms with E-state index in [-0.39, 0.29) is 18.2 Å². The van der Waals surface area contributed by atoms with Gasteiger partial charge in [-0.2, -0.15) is 0 Å². The van der Waals surface area contributed by atoms with Crippen molar-refractivity contribution in [2.75, 3.05) is 11.4 Å². The maximum Gasteiger partial charge on any atom is 0.416 e. The fourth-order valence-corrected chi connectivity index (χ4v) is 4.26. The van der Waals surface area contributed by atoms with E-state index in [1.807, 2.05) is 44.0 Å². The van der Waals surface area contributed by atoms with Crippen molar-refractivity contribution in [2.24, 2.45) is 0 Å². The maximum absolute atomic E-state index is 13.0. The van der Waals surface area contributed by atoms with Crippen LogP contribution in [0.15, 0.2) is 18.3 Å². The summed E-state index contributed by atoms with van der Waals surface area (Å²) in [5, 5.41) is 0. The topological polar surface area (TPSA) is 62.7 Å². The van der Waals surface area contributed by atoms with E-state index >= 15 is 0 Å². The van der Waals surface area contributed by atoms with Gasteiger partial charge in [-0.05, 0) is 64.5 Å². The normalized spacial score (nSPS) is 21.2. The first-order chi connectivity index (χ1) is 13.4. The third-order valence-corrected chi connectivity index (χ3v) is 5.61. The Kier molecular flexibility index (Phi) is 6.57. The molecule has 0 radical (unpaired) electrons. The van der Waals surface area contributed by atoms with Crippen molar-refractivity contribution < 1.29 is 14.3 Å². The predicted octanol–water partition coefficient (Wildman–Crippen LogP) is 4.84. The molecule has 0 N–H and O–H groups in total. The van der Waals surface area contributed by atoms with E-state index in [2.05, 4.69) is 4.98 Å². The highest BCUT2D eigenvalue weighted by Crippen LogP contribution is 2.32. The molecule has 1 saturated carbocycles. The number of rotatable bonds is 4. The van der Waals surface area contributed by atoms with Gasteiger partial charge in [0.25, 0.3) is 0 Å². The lowest BCUT2D eigenvalue weighted by Crippen LogP contribution is -2.45. The zero-order valence-corrected chi connectivity index (χ0v) is 17.4. The number of hydrogen-bond acceptors (Lipinski definition) is 4. The molecule has 1 atom stereocenters. The highest BCUT2D eigenvalue weighted by atomic mass is 16.6. The Labute approximate surface area is 168 Å². The number of carbonyl (C=O) groups is 2. The van der Waals surface area contributed by atoms with Crippen LogP contribution in [-0.4, -0.2) is 40.6 Å². The van der Waals surface area contributed by atoms with Gasteiger partial charge in [-0.25, -0.2) is 9.78 Å². The van der Waals surface area contributed by atoms with E-state index in [9.17, 15) is 9.59 Å². The monoisotopic (exact) mass is 387 g/mol. The Morgan fingerprint density at radius 3 is 2.46 bits per heavy atom. The molecule has 28 heavy (non-hydrogen) atoms. The zero-order valence-electron chi connectivity index (χ0n) is 17.4. The maximum atomic E-state index is 13.0. The van der Waals surface area contributed by atoms with Crippen LogP contribution in [0.25, 0.3) is 0 Å². The average Bonchev–Trinajstić information content (AvgIpc) is 2.68. The molecule has 6 heteroatoms. The fourth-order valence-electron chi connectivity index (χ4n) is 4.26. The van der Waals surface area contributed by atoms with E-state index in [4.69, 9.17) is 4.74 Å². The molecule has 154 valence electrons. The molecule has 1 aliphatic carbocycles. The summed E-state index contributed by atoms with van der Waals surface area (Å²) in [5.41, 5.74) is 0.486. The molecule has 0 aromatic carbocycles. The number of amides is 2. The molecule has 6 nitrogen and oxygen atoms in total. The van der Waals surface area contributed by atoms with Gasteiger partial charge in [0.1, 0.15) is 11.4 Å². The predicted molar refractivity (Wildman–Crippen MR) is 109 cm³/mol. The minimum atomic E-state index is -0.545. The first-order valence-electron chi connectivity index (χ1n) is 10.6. The lowest BCUT2D eigenvalue weighted by molar-refractivity contribution is -0.121. The number of pyridine rings is 1. The third kappa shape index (κ3) is 5.03. The highest BCUT2D eigenvalue weighted by molar-refractivity contribution is 5.87. The number of nitrogens with zero attached hydrogens (tertiary/aromatic N) is 3. The standard InChI is InChI=1S/C22H33N3O3/c1-22(2,3)28-21(27)25(18-9-5-4-6-10-18)20-13-12-17(15-23-20)19-11-7-8-14-24(19)16-26/h12-13,15-16,18-19H,4-11,14H2,1-3H3/t19-/m1/s1. The van der Waals surface area contributed by atoms with Crippen LogP contribution in [0, 0.1) is 0 Å². The molecule has 0 bridgehead atoms.